The molecule has 0 amide bonds. The number of hydrogen-bond donors (Lipinski definition) is 1. The van der Waals surface area contributed by atoms with Gasteiger partial charge in [-0.05, 0) is 50.2 Å². The average Bonchev–Trinajstić information content (AvgIpc) is 2.89. The zero-order chi connectivity index (χ0) is 18.0. The molecule has 3 rings (SSSR count). The third kappa shape index (κ3) is 3.44. The number of aryl methyl sites for hydroxylation is 1. The van der Waals surface area contributed by atoms with E-state index in [9.17, 15) is 9.90 Å². The van der Waals surface area contributed by atoms with E-state index in [1.54, 1.807) is 56.3 Å². The van der Waals surface area contributed by atoms with Crippen molar-refractivity contribution < 1.29 is 9.90 Å². The summed E-state index contributed by atoms with van der Waals surface area (Å²) in [5.41, 5.74) is 2.44. The molecule has 1 N–H and O–H groups in total. The van der Waals surface area contributed by atoms with Crippen LogP contribution in [0.3, 0.4) is 0 Å². The summed E-state index contributed by atoms with van der Waals surface area (Å²) in [4.78, 5) is 12.6. The zero-order valence-electron chi connectivity index (χ0n) is 13.6. The first-order valence-electron chi connectivity index (χ1n) is 7.53. The number of para-hydroxylation sites is 1. The van der Waals surface area contributed by atoms with Crippen molar-refractivity contribution in [2.24, 2.45) is 10.2 Å². The molecule has 3 aromatic rings. The Balaban J connectivity index is 1.95. The number of phenols is 1. The summed E-state index contributed by atoms with van der Waals surface area (Å²) in [5.74, 6) is -0.518. The van der Waals surface area contributed by atoms with Crippen molar-refractivity contribution in [3.8, 4) is 5.75 Å². The second-order valence-electron chi connectivity index (χ2n) is 5.43. The molecule has 0 fully saturated rings. The fraction of sp³-hybridized carbons (Fsp3) is 0.111. The molecule has 0 saturated heterocycles. The van der Waals surface area contributed by atoms with Crippen molar-refractivity contribution in [1.29, 1.82) is 0 Å². The van der Waals surface area contributed by atoms with Crippen LogP contribution < -0.4 is 0 Å². The molecule has 0 radical (unpaired) electrons. The van der Waals surface area contributed by atoms with Gasteiger partial charge in [-0.25, -0.2) is 0 Å². The van der Waals surface area contributed by atoms with Crippen LogP contribution in [0.2, 0.25) is 5.02 Å². The number of benzene rings is 2. The quantitative estimate of drug-likeness (QED) is 0.675. The summed E-state index contributed by atoms with van der Waals surface area (Å²) >= 11 is 5.84. The molecule has 126 valence electrons. The minimum absolute atomic E-state index is 0.0932. The standard InChI is InChI=1S/C18H15ClN4O2/c1-11-17(21-20-14-9-7-13(19)8-10-14)12(2)23(22-11)18(25)15-5-3-4-6-16(15)24/h3-10,24H,1-2H3. The first-order chi connectivity index (χ1) is 12.0. The van der Waals surface area contributed by atoms with Crippen LogP contribution in [0.25, 0.3) is 0 Å². The van der Waals surface area contributed by atoms with Crippen molar-refractivity contribution in [2.45, 2.75) is 13.8 Å². The van der Waals surface area contributed by atoms with Crippen molar-refractivity contribution in [3.63, 3.8) is 0 Å². The van der Waals surface area contributed by atoms with E-state index < -0.39 is 5.91 Å². The number of halogens is 1. The molecule has 0 saturated carbocycles. The lowest BCUT2D eigenvalue weighted by atomic mass is 10.2. The molecule has 6 nitrogen and oxygen atoms in total. The van der Waals surface area contributed by atoms with Gasteiger partial charge in [-0.15, -0.1) is 5.11 Å². The zero-order valence-corrected chi connectivity index (χ0v) is 14.4. The fourth-order valence-electron chi connectivity index (χ4n) is 2.36. The summed E-state index contributed by atoms with van der Waals surface area (Å²) in [5, 5.41) is 23.1. The fourth-order valence-corrected chi connectivity index (χ4v) is 2.49. The van der Waals surface area contributed by atoms with Gasteiger partial charge in [0, 0.05) is 5.02 Å². The highest BCUT2D eigenvalue weighted by Crippen LogP contribution is 2.27. The summed E-state index contributed by atoms with van der Waals surface area (Å²) < 4.78 is 1.22. The minimum Gasteiger partial charge on any atom is -0.507 e. The van der Waals surface area contributed by atoms with Crippen LogP contribution in [0, 0.1) is 13.8 Å². The van der Waals surface area contributed by atoms with E-state index in [1.807, 2.05) is 0 Å². The Morgan fingerprint density at radius 2 is 1.76 bits per heavy atom. The van der Waals surface area contributed by atoms with Crippen LogP contribution in [-0.2, 0) is 0 Å². The Hall–Kier alpha value is -2.99. The lowest BCUT2D eigenvalue weighted by Crippen LogP contribution is -2.15. The molecule has 0 aliphatic carbocycles. The predicted molar refractivity (Wildman–Crippen MR) is 95.2 cm³/mol. The number of phenolic OH excluding ortho intramolecular Hbond substituents is 1. The van der Waals surface area contributed by atoms with E-state index in [0.29, 0.717) is 27.8 Å². The third-order valence-electron chi connectivity index (χ3n) is 3.67. The van der Waals surface area contributed by atoms with E-state index in [2.05, 4.69) is 15.3 Å². The Morgan fingerprint density at radius 3 is 2.44 bits per heavy atom. The number of rotatable bonds is 3. The molecule has 1 heterocycles. The highest BCUT2D eigenvalue weighted by atomic mass is 35.5. The number of aromatic nitrogens is 2. The molecule has 0 spiro atoms. The van der Waals surface area contributed by atoms with Crippen molar-refractivity contribution in [3.05, 3.63) is 70.5 Å². The van der Waals surface area contributed by atoms with E-state index in [4.69, 9.17) is 11.6 Å². The predicted octanol–water partition coefficient (Wildman–Crippen LogP) is 4.96. The van der Waals surface area contributed by atoms with Crippen molar-refractivity contribution >= 4 is 28.9 Å². The lowest BCUT2D eigenvalue weighted by Gasteiger charge is -2.04. The SMILES string of the molecule is Cc1nn(C(=O)c2ccccc2O)c(C)c1N=Nc1ccc(Cl)cc1. The minimum atomic E-state index is -0.424. The van der Waals surface area contributed by atoms with E-state index in [0.717, 1.165) is 0 Å². The number of azo groups is 1. The first kappa shape index (κ1) is 16.9. The molecule has 2 aromatic carbocycles. The van der Waals surface area contributed by atoms with Crippen LogP contribution >= 0.6 is 11.6 Å². The Kier molecular flexibility index (Phi) is 4.63. The van der Waals surface area contributed by atoms with E-state index in [1.165, 1.54) is 10.7 Å². The molecular formula is C18H15ClN4O2. The van der Waals surface area contributed by atoms with Crippen LogP contribution in [0.5, 0.6) is 5.75 Å². The maximum absolute atomic E-state index is 12.6. The van der Waals surface area contributed by atoms with Crippen LogP contribution in [-0.4, -0.2) is 20.8 Å². The van der Waals surface area contributed by atoms with Gasteiger partial charge in [0.2, 0.25) is 0 Å². The second-order valence-corrected chi connectivity index (χ2v) is 5.87. The molecule has 0 aliphatic rings. The molecule has 1 aromatic heterocycles. The largest absolute Gasteiger partial charge is 0.507 e. The Labute approximate surface area is 149 Å². The van der Waals surface area contributed by atoms with Gasteiger partial charge in [-0.2, -0.15) is 14.9 Å². The Bertz CT molecular complexity index is 962. The van der Waals surface area contributed by atoms with Gasteiger partial charge in [0.15, 0.2) is 0 Å². The second kappa shape index (κ2) is 6.86. The molecule has 0 atom stereocenters. The summed E-state index contributed by atoms with van der Waals surface area (Å²) in [6.07, 6.45) is 0. The third-order valence-corrected chi connectivity index (χ3v) is 3.92. The number of nitrogens with zero attached hydrogens (tertiary/aromatic N) is 4. The van der Waals surface area contributed by atoms with Gasteiger partial charge >= 0.3 is 0 Å². The van der Waals surface area contributed by atoms with Gasteiger partial charge < -0.3 is 5.11 Å². The summed E-state index contributed by atoms with van der Waals surface area (Å²) in [7, 11) is 0. The van der Waals surface area contributed by atoms with Gasteiger partial charge in [-0.1, -0.05) is 23.7 Å². The Morgan fingerprint density at radius 1 is 1.08 bits per heavy atom. The molecule has 25 heavy (non-hydrogen) atoms. The highest BCUT2D eigenvalue weighted by Gasteiger charge is 2.20. The van der Waals surface area contributed by atoms with Gasteiger partial charge in [0.25, 0.3) is 5.91 Å². The van der Waals surface area contributed by atoms with Crippen molar-refractivity contribution in [2.75, 3.05) is 0 Å². The summed E-state index contributed by atoms with van der Waals surface area (Å²) in [6, 6.07) is 13.3. The highest BCUT2D eigenvalue weighted by molar-refractivity contribution is 6.30. The number of aromatic hydroxyl groups is 1. The molecular weight excluding hydrogens is 340 g/mol. The first-order valence-corrected chi connectivity index (χ1v) is 7.91. The van der Waals surface area contributed by atoms with Crippen LogP contribution in [0.4, 0.5) is 11.4 Å². The monoisotopic (exact) mass is 354 g/mol. The topological polar surface area (TPSA) is 79.8 Å². The normalized spacial score (nSPS) is 11.2. The molecule has 0 aliphatic heterocycles. The van der Waals surface area contributed by atoms with Gasteiger partial charge in [-0.3, -0.25) is 4.79 Å². The maximum atomic E-state index is 12.6. The molecule has 0 bridgehead atoms. The number of carbonyl (C=O) groups is 1. The van der Waals surface area contributed by atoms with Crippen molar-refractivity contribution in [1.82, 2.24) is 9.78 Å². The molecule has 0 unspecified atom stereocenters. The van der Waals surface area contributed by atoms with Crippen LogP contribution in [0.1, 0.15) is 21.7 Å². The van der Waals surface area contributed by atoms with Crippen LogP contribution in [0.15, 0.2) is 58.8 Å². The lowest BCUT2D eigenvalue weighted by molar-refractivity contribution is 0.0939. The summed E-state index contributed by atoms with van der Waals surface area (Å²) in [6.45, 7) is 3.48. The van der Waals surface area contributed by atoms with Gasteiger partial charge in [0.05, 0.1) is 22.6 Å². The number of carbonyl (C=O) groups excluding carboxylic acids is 1. The van der Waals surface area contributed by atoms with E-state index >= 15 is 0 Å². The maximum Gasteiger partial charge on any atom is 0.282 e. The van der Waals surface area contributed by atoms with Gasteiger partial charge in [0.1, 0.15) is 11.4 Å². The smallest absolute Gasteiger partial charge is 0.282 e. The average molecular weight is 355 g/mol. The van der Waals surface area contributed by atoms with E-state index in [-0.39, 0.29) is 11.3 Å². The molecule has 7 heteroatoms. The number of hydrogen-bond acceptors (Lipinski definition) is 5.